The summed E-state index contributed by atoms with van der Waals surface area (Å²) < 4.78 is 7.39. The van der Waals surface area contributed by atoms with E-state index in [1.807, 2.05) is 48.1 Å². The summed E-state index contributed by atoms with van der Waals surface area (Å²) in [5, 5.41) is 3.01. The minimum Gasteiger partial charge on any atom is -0.381 e. The first-order chi connectivity index (χ1) is 13.1. The molecule has 138 valence electrons. The van der Waals surface area contributed by atoms with E-state index >= 15 is 0 Å². The van der Waals surface area contributed by atoms with Gasteiger partial charge in [-0.3, -0.25) is 9.78 Å². The monoisotopic (exact) mass is 362 g/mol. The molecule has 0 aromatic carbocycles. The SMILES string of the molecule is Cc1cc(-c2ccc3nc(NC(=O)C4CC45CCOCC5)cn3c2)ccn1. The molecule has 2 aliphatic rings. The number of imidazole rings is 1. The Hall–Kier alpha value is -2.73. The fourth-order valence-corrected chi connectivity index (χ4v) is 4.21. The van der Waals surface area contributed by atoms with Crippen molar-refractivity contribution in [1.82, 2.24) is 14.4 Å². The zero-order valence-corrected chi connectivity index (χ0v) is 15.3. The van der Waals surface area contributed by atoms with Gasteiger partial charge in [-0.25, -0.2) is 4.98 Å². The van der Waals surface area contributed by atoms with Crippen molar-refractivity contribution in [3.63, 3.8) is 0 Å². The standard InChI is InChI=1S/C21H22N4O2/c1-14-10-15(4-7-22-14)16-2-3-19-23-18(13-25(19)12-16)24-20(26)17-11-21(17)5-8-27-9-6-21/h2-4,7,10,12-13,17H,5-6,8-9,11H2,1H3,(H,24,26). The summed E-state index contributed by atoms with van der Waals surface area (Å²) in [7, 11) is 0. The Balaban J connectivity index is 1.35. The predicted octanol–water partition coefficient (Wildman–Crippen LogP) is 3.46. The van der Waals surface area contributed by atoms with E-state index < -0.39 is 0 Å². The van der Waals surface area contributed by atoms with Crippen molar-refractivity contribution in [2.45, 2.75) is 26.2 Å². The van der Waals surface area contributed by atoms with Crippen LogP contribution in [0.2, 0.25) is 0 Å². The van der Waals surface area contributed by atoms with Crippen LogP contribution in [0.15, 0.2) is 42.9 Å². The van der Waals surface area contributed by atoms with E-state index in [0.717, 1.165) is 54.9 Å². The third-order valence-corrected chi connectivity index (χ3v) is 5.93. The maximum atomic E-state index is 12.6. The van der Waals surface area contributed by atoms with Crippen LogP contribution >= 0.6 is 0 Å². The van der Waals surface area contributed by atoms with Gasteiger partial charge in [0.15, 0.2) is 5.82 Å². The lowest BCUT2D eigenvalue weighted by Crippen LogP contribution is -2.24. The molecule has 1 amide bonds. The molecular weight excluding hydrogens is 340 g/mol. The average molecular weight is 362 g/mol. The van der Waals surface area contributed by atoms with Crippen LogP contribution in [0.5, 0.6) is 0 Å². The van der Waals surface area contributed by atoms with Crippen LogP contribution in [0.4, 0.5) is 5.82 Å². The summed E-state index contributed by atoms with van der Waals surface area (Å²) in [6.45, 7) is 3.53. The molecule has 6 heteroatoms. The number of carbonyl (C=O) groups excluding carboxylic acids is 1. The molecule has 1 aliphatic carbocycles. The van der Waals surface area contributed by atoms with Crippen molar-refractivity contribution in [2.75, 3.05) is 18.5 Å². The second kappa shape index (κ2) is 6.16. The molecule has 1 saturated carbocycles. The van der Waals surface area contributed by atoms with Gasteiger partial charge in [-0.15, -0.1) is 0 Å². The topological polar surface area (TPSA) is 68.5 Å². The number of nitrogens with one attached hydrogen (secondary N) is 1. The van der Waals surface area contributed by atoms with E-state index in [-0.39, 0.29) is 17.2 Å². The first-order valence-electron chi connectivity index (χ1n) is 9.43. The first-order valence-corrected chi connectivity index (χ1v) is 9.43. The Kier molecular flexibility index (Phi) is 3.75. The lowest BCUT2D eigenvalue weighted by atomic mass is 9.94. The van der Waals surface area contributed by atoms with Crippen LogP contribution < -0.4 is 5.32 Å². The maximum absolute atomic E-state index is 12.6. The van der Waals surface area contributed by atoms with Gasteiger partial charge in [0.05, 0.1) is 6.20 Å². The quantitative estimate of drug-likeness (QED) is 0.775. The predicted molar refractivity (Wildman–Crippen MR) is 102 cm³/mol. The minimum atomic E-state index is 0.0882. The van der Waals surface area contributed by atoms with E-state index in [0.29, 0.717) is 5.82 Å². The van der Waals surface area contributed by atoms with Crippen molar-refractivity contribution >= 4 is 17.4 Å². The lowest BCUT2D eigenvalue weighted by Gasteiger charge is -2.22. The van der Waals surface area contributed by atoms with Crippen LogP contribution in [0, 0.1) is 18.3 Å². The smallest absolute Gasteiger partial charge is 0.229 e. The van der Waals surface area contributed by atoms with E-state index in [1.165, 1.54) is 0 Å². The molecule has 3 aromatic heterocycles. The van der Waals surface area contributed by atoms with Gasteiger partial charge in [0.2, 0.25) is 5.91 Å². The van der Waals surface area contributed by atoms with Crippen LogP contribution in [-0.2, 0) is 9.53 Å². The van der Waals surface area contributed by atoms with Gasteiger partial charge in [-0.05, 0) is 67.0 Å². The van der Waals surface area contributed by atoms with Crippen LogP contribution in [0.3, 0.4) is 0 Å². The number of aromatic nitrogens is 3. The summed E-state index contributed by atoms with van der Waals surface area (Å²) in [5.41, 5.74) is 4.18. The summed E-state index contributed by atoms with van der Waals surface area (Å²) in [4.78, 5) is 21.4. The summed E-state index contributed by atoms with van der Waals surface area (Å²) >= 11 is 0. The molecule has 0 radical (unpaired) electrons. The van der Waals surface area contributed by atoms with Crippen LogP contribution in [0.1, 0.15) is 25.0 Å². The Morgan fingerprint density at radius 2 is 2.07 bits per heavy atom. The average Bonchev–Trinajstić information content (AvgIpc) is 3.20. The third-order valence-electron chi connectivity index (χ3n) is 5.93. The van der Waals surface area contributed by atoms with E-state index in [9.17, 15) is 4.79 Å². The second-order valence-corrected chi connectivity index (χ2v) is 7.72. The van der Waals surface area contributed by atoms with E-state index in [4.69, 9.17) is 4.74 Å². The highest BCUT2D eigenvalue weighted by atomic mass is 16.5. The van der Waals surface area contributed by atoms with Gasteiger partial charge in [0.1, 0.15) is 5.65 Å². The Morgan fingerprint density at radius 3 is 2.89 bits per heavy atom. The molecule has 6 nitrogen and oxygen atoms in total. The second-order valence-electron chi connectivity index (χ2n) is 7.72. The van der Waals surface area contributed by atoms with Crippen LogP contribution in [0.25, 0.3) is 16.8 Å². The minimum absolute atomic E-state index is 0.0882. The first kappa shape index (κ1) is 16.4. The summed E-state index contributed by atoms with van der Waals surface area (Å²) in [6, 6.07) is 8.06. The number of amides is 1. The van der Waals surface area contributed by atoms with Crippen molar-refractivity contribution in [3.05, 3.63) is 48.5 Å². The molecule has 1 spiro atoms. The largest absolute Gasteiger partial charge is 0.381 e. The number of carbonyl (C=O) groups is 1. The maximum Gasteiger partial charge on any atom is 0.229 e. The number of anilines is 1. The molecule has 2 fully saturated rings. The van der Waals surface area contributed by atoms with Gasteiger partial charge in [0.25, 0.3) is 0 Å². The van der Waals surface area contributed by atoms with Gasteiger partial charge in [-0.1, -0.05) is 0 Å². The molecule has 1 aliphatic heterocycles. The van der Waals surface area contributed by atoms with E-state index in [2.05, 4.69) is 21.4 Å². The lowest BCUT2D eigenvalue weighted by molar-refractivity contribution is -0.118. The Labute approximate surface area is 157 Å². The number of aryl methyl sites for hydroxylation is 1. The molecule has 1 N–H and O–H groups in total. The Morgan fingerprint density at radius 1 is 1.22 bits per heavy atom. The van der Waals surface area contributed by atoms with Gasteiger partial charge in [-0.2, -0.15) is 0 Å². The molecule has 0 bridgehead atoms. The van der Waals surface area contributed by atoms with Gasteiger partial charge >= 0.3 is 0 Å². The molecule has 5 rings (SSSR count). The number of rotatable bonds is 3. The van der Waals surface area contributed by atoms with E-state index in [1.54, 1.807) is 0 Å². The number of pyridine rings is 2. The number of hydrogen-bond donors (Lipinski definition) is 1. The number of hydrogen-bond acceptors (Lipinski definition) is 4. The molecule has 1 atom stereocenters. The molecule has 1 unspecified atom stereocenters. The fraction of sp³-hybridized carbons (Fsp3) is 0.381. The van der Waals surface area contributed by atoms with Gasteiger partial charge < -0.3 is 14.5 Å². The van der Waals surface area contributed by atoms with Crippen molar-refractivity contribution in [2.24, 2.45) is 11.3 Å². The molecule has 1 saturated heterocycles. The van der Waals surface area contributed by atoms with Crippen LogP contribution in [-0.4, -0.2) is 33.5 Å². The highest BCUT2D eigenvalue weighted by Crippen LogP contribution is 2.59. The molecule has 3 aromatic rings. The normalized spacial score (nSPS) is 20.7. The zero-order valence-electron chi connectivity index (χ0n) is 15.3. The third kappa shape index (κ3) is 3.00. The molecule has 4 heterocycles. The zero-order chi connectivity index (χ0) is 18.4. The molecule has 27 heavy (non-hydrogen) atoms. The fourth-order valence-electron chi connectivity index (χ4n) is 4.21. The highest BCUT2D eigenvalue weighted by molar-refractivity contribution is 5.94. The Bertz CT molecular complexity index is 1020. The summed E-state index contributed by atoms with van der Waals surface area (Å²) in [6.07, 6.45) is 8.68. The summed E-state index contributed by atoms with van der Waals surface area (Å²) in [5.74, 6) is 0.795. The van der Waals surface area contributed by atoms with Gasteiger partial charge in [0, 0.05) is 37.2 Å². The van der Waals surface area contributed by atoms with Crippen molar-refractivity contribution in [1.29, 1.82) is 0 Å². The number of fused-ring (bicyclic) bond motifs is 1. The number of nitrogens with zero attached hydrogens (tertiary/aromatic N) is 3. The molecular formula is C21H22N4O2. The van der Waals surface area contributed by atoms with Crippen molar-refractivity contribution < 1.29 is 9.53 Å². The van der Waals surface area contributed by atoms with Crippen molar-refractivity contribution in [3.8, 4) is 11.1 Å². The number of ether oxygens (including phenoxy) is 1. The highest BCUT2D eigenvalue weighted by Gasteiger charge is 2.58.